The van der Waals surface area contributed by atoms with Crippen LogP contribution in [-0.2, 0) is 4.79 Å². The van der Waals surface area contributed by atoms with E-state index in [4.69, 9.17) is 34.8 Å². The van der Waals surface area contributed by atoms with E-state index >= 15 is 0 Å². The van der Waals surface area contributed by atoms with E-state index in [0.717, 1.165) is 12.1 Å². The summed E-state index contributed by atoms with van der Waals surface area (Å²) in [6.07, 6.45) is 2.34. The second-order valence-electron chi connectivity index (χ2n) is 4.98. The number of rotatable bonds is 7. The molecule has 0 aromatic heterocycles. The lowest BCUT2D eigenvalue weighted by molar-refractivity contribution is -0.117. The Labute approximate surface area is 146 Å². The zero-order chi connectivity index (χ0) is 16.6. The molecular weight excluding hydrogens is 345 g/mol. The Morgan fingerprint density at radius 2 is 1.91 bits per heavy atom. The van der Waals surface area contributed by atoms with E-state index in [1.54, 1.807) is 6.08 Å². The van der Waals surface area contributed by atoms with Crippen molar-refractivity contribution in [2.75, 3.05) is 27.2 Å². The van der Waals surface area contributed by atoms with Crippen molar-refractivity contribution in [1.82, 2.24) is 15.5 Å². The van der Waals surface area contributed by atoms with Crippen molar-refractivity contribution in [2.45, 2.75) is 9.96 Å². The minimum atomic E-state index is -1.64. The average molecular weight is 365 g/mol. The number of hydrogen-bond acceptors (Lipinski definition) is 3. The first-order valence-corrected chi connectivity index (χ1v) is 7.91. The van der Waals surface area contributed by atoms with E-state index in [9.17, 15) is 4.79 Å². The molecule has 0 saturated carbocycles. The van der Waals surface area contributed by atoms with Crippen molar-refractivity contribution < 1.29 is 4.79 Å². The van der Waals surface area contributed by atoms with Gasteiger partial charge in [0, 0.05) is 19.2 Å². The molecule has 0 saturated heterocycles. The highest BCUT2D eigenvalue weighted by molar-refractivity contribution is 6.68. The van der Waals surface area contributed by atoms with Crippen LogP contribution in [0, 0.1) is 0 Å². The quantitative estimate of drug-likeness (QED) is 0.444. The lowest BCUT2D eigenvalue weighted by Gasteiger charge is -2.26. The highest BCUT2D eigenvalue weighted by Crippen LogP contribution is 2.28. The van der Waals surface area contributed by atoms with E-state index in [0.29, 0.717) is 6.54 Å². The van der Waals surface area contributed by atoms with Gasteiger partial charge in [0.2, 0.25) is 9.70 Å². The molecular formula is C15H20Cl3N3O. The van der Waals surface area contributed by atoms with Gasteiger partial charge in [-0.15, -0.1) is 0 Å². The van der Waals surface area contributed by atoms with Crippen molar-refractivity contribution >= 4 is 46.8 Å². The molecule has 0 fully saturated rings. The Hall–Kier alpha value is -0.780. The van der Waals surface area contributed by atoms with Crippen LogP contribution < -0.4 is 10.6 Å². The number of halogens is 3. The maximum absolute atomic E-state index is 11.9. The van der Waals surface area contributed by atoms with Crippen molar-refractivity contribution in [3.63, 3.8) is 0 Å². The van der Waals surface area contributed by atoms with Crippen LogP contribution in [0.15, 0.2) is 36.4 Å². The van der Waals surface area contributed by atoms with Crippen molar-refractivity contribution in [3.8, 4) is 0 Å². The summed E-state index contributed by atoms with van der Waals surface area (Å²) < 4.78 is -1.64. The van der Waals surface area contributed by atoms with Crippen LogP contribution in [-0.4, -0.2) is 48.0 Å². The fourth-order valence-electron chi connectivity index (χ4n) is 1.61. The maximum Gasteiger partial charge on any atom is 0.245 e. The fourth-order valence-corrected chi connectivity index (χ4v) is 2.00. The van der Waals surface area contributed by atoms with Crippen molar-refractivity contribution in [1.29, 1.82) is 0 Å². The third kappa shape index (κ3) is 8.01. The van der Waals surface area contributed by atoms with Gasteiger partial charge < -0.3 is 10.2 Å². The SMILES string of the molecule is CN(C)CCNC(NC(=O)/C=C/c1ccccc1)C(Cl)(Cl)Cl. The monoisotopic (exact) mass is 363 g/mol. The minimum absolute atomic E-state index is 0.336. The summed E-state index contributed by atoms with van der Waals surface area (Å²) in [7, 11) is 3.88. The molecule has 1 aromatic rings. The largest absolute Gasteiger partial charge is 0.333 e. The Morgan fingerprint density at radius 3 is 2.45 bits per heavy atom. The number of nitrogens with one attached hydrogen (secondary N) is 2. The summed E-state index contributed by atoms with van der Waals surface area (Å²) >= 11 is 17.7. The zero-order valence-electron chi connectivity index (χ0n) is 12.5. The molecule has 1 unspecified atom stereocenters. The molecule has 122 valence electrons. The van der Waals surface area contributed by atoms with Gasteiger partial charge >= 0.3 is 0 Å². The Bertz CT molecular complexity index is 487. The van der Waals surface area contributed by atoms with Crippen molar-refractivity contribution in [3.05, 3.63) is 42.0 Å². The average Bonchev–Trinajstić information content (AvgIpc) is 2.44. The molecule has 1 aromatic carbocycles. The van der Waals surface area contributed by atoms with E-state index in [1.807, 2.05) is 49.3 Å². The van der Waals surface area contributed by atoms with Crippen LogP contribution >= 0.6 is 34.8 Å². The fraction of sp³-hybridized carbons (Fsp3) is 0.400. The number of carbonyl (C=O) groups is 1. The summed E-state index contributed by atoms with van der Waals surface area (Å²) in [4.78, 5) is 13.9. The number of benzene rings is 1. The van der Waals surface area contributed by atoms with Gasteiger partial charge in [-0.1, -0.05) is 65.1 Å². The highest BCUT2D eigenvalue weighted by atomic mass is 35.6. The summed E-state index contributed by atoms with van der Waals surface area (Å²) in [5.74, 6) is -0.336. The maximum atomic E-state index is 11.9. The summed E-state index contributed by atoms with van der Waals surface area (Å²) in [6.45, 7) is 1.33. The van der Waals surface area contributed by atoms with Crippen molar-refractivity contribution in [2.24, 2.45) is 0 Å². The van der Waals surface area contributed by atoms with Gasteiger partial charge in [-0.2, -0.15) is 0 Å². The molecule has 7 heteroatoms. The molecule has 22 heavy (non-hydrogen) atoms. The molecule has 2 N–H and O–H groups in total. The molecule has 0 aliphatic carbocycles. The first-order chi connectivity index (χ1) is 10.3. The molecule has 4 nitrogen and oxygen atoms in total. The summed E-state index contributed by atoms with van der Waals surface area (Å²) in [5.41, 5.74) is 0.920. The van der Waals surface area contributed by atoms with Crippen LogP contribution in [0.2, 0.25) is 0 Å². The topological polar surface area (TPSA) is 44.4 Å². The molecule has 0 radical (unpaired) electrons. The molecule has 0 heterocycles. The number of amides is 1. The summed E-state index contributed by atoms with van der Waals surface area (Å²) in [5, 5.41) is 5.67. The van der Waals surface area contributed by atoms with Crippen LogP contribution in [0.25, 0.3) is 6.08 Å². The predicted molar refractivity (Wildman–Crippen MR) is 94.3 cm³/mol. The number of nitrogens with zero attached hydrogens (tertiary/aromatic N) is 1. The zero-order valence-corrected chi connectivity index (χ0v) is 14.8. The van der Waals surface area contributed by atoms with E-state index in [2.05, 4.69) is 10.6 Å². The van der Waals surface area contributed by atoms with Crippen LogP contribution in [0.5, 0.6) is 0 Å². The van der Waals surface area contributed by atoms with Gasteiger partial charge in [0.05, 0.1) is 0 Å². The van der Waals surface area contributed by atoms with Gasteiger partial charge in [-0.3, -0.25) is 10.1 Å². The Balaban J connectivity index is 2.57. The van der Waals surface area contributed by atoms with E-state index in [-0.39, 0.29) is 5.91 Å². The Morgan fingerprint density at radius 1 is 1.27 bits per heavy atom. The standard InChI is InChI=1S/C15H20Cl3N3O/c1-21(2)11-10-19-14(15(16,17)18)20-13(22)9-8-12-6-4-3-5-7-12/h3-9,14,19H,10-11H2,1-2H3,(H,20,22)/b9-8+. The van der Waals surface area contributed by atoms with Crippen LogP contribution in [0.1, 0.15) is 5.56 Å². The molecule has 1 amide bonds. The van der Waals surface area contributed by atoms with Gasteiger partial charge in [0.15, 0.2) is 0 Å². The van der Waals surface area contributed by atoms with Gasteiger partial charge in [0.1, 0.15) is 6.17 Å². The van der Waals surface area contributed by atoms with Crippen LogP contribution in [0.3, 0.4) is 0 Å². The molecule has 1 rings (SSSR count). The summed E-state index contributed by atoms with van der Waals surface area (Å²) in [6, 6.07) is 9.48. The van der Waals surface area contributed by atoms with E-state index < -0.39 is 9.96 Å². The van der Waals surface area contributed by atoms with Gasteiger partial charge in [-0.05, 0) is 25.7 Å². The second kappa shape index (κ2) is 9.38. The molecule has 0 bridgehead atoms. The van der Waals surface area contributed by atoms with E-state index in [1.165, 1.54) is 6.08 Å². The Kier molecular flexibility index (Phi) is 8.21. The normalized spacial score (nSPS) is 13.5. The predicted octanol–water partition coefficient (Wildman–Crippen LogP) is 2.66. The molecule has 1 atom stereocenters. The number of likely N-dealkylation sites (N-methyl/N-ethyl adjacent to an activating group) is 1. The number of alkyl halides is 3. The third-order valence-corrected chi connectivity index (χ3v) is 3.40. The number of hydrogen-bond donors (Lipinski definition) is 2. The highest BCUT2D eigenvalue weighted by Gasteiger charge is 2.33. The van der Waals surface area contributed by atoms with Gasteiger partial charge in [-0.25, -0.2) is 0 Å². The molecule has 0 aliphatic rings. The molecule has 0 spiro atoms. The van der Waals surface area contributed by atoms with Gasteiger partial charge in [0.25, 0.3) is 0 Å². The lowest BCUT2D eigenvalue weighted by atomic mass is 10.2. The first-order valence-electron chi connectivity index (χ1n) is 6.77. The smallest absolute Gasteiger partial charge is 0.245 e. The second-order valence-corrected chi connectivity index (χ2v) is 7.35. The lowest BCUT2D eigenvalue weighted by Crippen LogP contribution is -2.54. The third-order valence-electron chi connectivity index (χ3n) is 2.75. The molecule has 0 aliphatic heterocycles. The number of carbonyl (C=O) groups excluding carboxylic acids is 1. The van der Waals surface area contributed by atoms with Crippen LogP contribution in [0.4, 0.5) is 0 Å². The minimum Gasteiger partial charge on any atom is -0.333 e. The first kappa shape index (κ1) is 19.3.